The Bertz CT molecular complexity index is 645. The summed E-state index contributed by atoms with van der Waals surface area (Å²) in [5, 5.41) is 7.03. The Balaban J connectivity index is 0.00000300. The van der Waals surface area contributed by atoms with E-state index in [1.165, 1.54) is 37.2 Å². The standard InChI is InChI=1S/C22H36N4OS.HI/c1-4-23-21(24-17-22(28-3)10-14-27-15-11-22)25-18(2)19-8-7-9-20(16-19)26-12-5-6-13-26;/h7-9,16,18H,4-6,10-15,17H2,1-3H3,(H2,23,24,25);1H. The van der Waals surface area contributed by atoms with Crippen molar-refractivity contribution in [1.29, 1.82) is 0 Å². The van der Waals surface area contributed by atoms with Crippen LogP contribution in [0.4, 0.5) is 5.69 Å². The minimum absolute atomic E-state index is 0. The van der Waals surface area contributed by atoms with Gasteiger partial charge in [0.15, 0.2) is 5.96 Å². The van der Waals surface area contributed by atoms with E-state index in [-0.39, 0.29) is 34.8 Å². The fourth-order valence-corrected chi connectivity index (χ4v) is 4.74. The maximum Gasteiger partial charge on any atom is 0.191 e. The van der Waals surface area contributed by atoms with E-state index in [9.17, 15) is 0 Å². The van der Waals surface area contributed by atoms with Crippen molar-refractivity contribution >= 4 is 47.4 Å². The lowest BCUT2D eigenvalue weighted by Crippen LogP contribution is -2.41. The summed E-state index contributed by atoms with van der Waals surface area (Å²) in [6.45, 7) is 10.1. The Hall–Kier alpha value is -0.670. The maximum absolute atomic E-state index is 5.56. The minimum atomic E-state index is 0. The number of aliphatic imine (C=N–C) groups is 1. The number of nitrogens with one attached hydrogen (secondary N) is 2. The van der Waals surface area contributed by atoms with Gasteiger partial charge in [0.05, 0.1) is 12.6 Å². The molecule has 0 aromatic heterocycles. The van der Waals surface area contributed by atoms with E-state index in [1.54, 1.807) is 0 Å². The van der Waals surface area contributed by atoms with Crippen LogP contribution in [0.3, 0.4) is 0 Å². The van der Waals surface area contributed by atoms with Crippen molar-refractivity contribution in [2.75, 3.05) is 50.5 Å². The van der Waals surface area contributed by atoms with E-state index in [1.807, 2.05) is 11.8 Å². The molecule has 0 radical (unpaired) electrons. The predicted molar refractivity (Wildman–Crippen MR) is 137 cm³/mol. The van der Waals surface area contributed by atoms with E-state index in [2.05, 4.69) is 59.9 Å². The van der Waals surface area contributed by atoms with Crippen LogP contribution < -0.4 is 15.5 Å². The Morgan fingerprint density at radius 3 is 2.66 bits per heavy atom. The summed E-state index contributed by atoms with van der Waals surface area (Å²) in [5.41, 5.74) is 2.65. The zero-order valence-electron chi connectivity index (χ0n) is 18.1. The smallest absolute Gasteiger partial charge is 0.191 e. The highest BCUT2D eigenvalue weighted by atomic mass is 127. The molecule has 0 amide bonds. The molecule has 2 N–H and O–H groups in total. The number of halogens is 1. The summed E-state index contributed by atoms with van der Waals surface area (Å²) < 4.78 is 5.77. The molecule has 2 aliphatic rings. The van der Waals surface area contributed by atoms with Crippen LogP contribution >= 0.6 is 35.7 Å². The molecule has 164 valence electrons. The number of rotatable bonds is 7. The van der Waals surface area contributed by atoms with Crippen LogP contribution in [0.25, 0.3) is 0 Å². The molecular formula is C22H37IN4OS. The van der Waals surface area contributed by atoms with Crippen LogP contribution in [-0.2, 0) is 4.74 Å². The van der Waals surface area contributed by atoms with Crippen LogP contribution in [0.15, 0.2) is 29.3 Å². The topological polar surface area (TPSA) is 48.9 Å². The lowest BCUT2D eigenvalue weighted by atomic mass is 9.99. The second-order valence-corrected chi connectivity index (χ2v) is 9.12. The van der Waals surface area contributed by atoms with Gasteiger partial charge in [-0.1, -0.05) is 12.1 Å². The summed E-state index contributed by atoms with van der Waals surface area (Å²) in [6, 6.07) is 9.15. The van der Waals surface area contributed by atoms with Crippen molar-refractivity contribution in [3.05, 3.63) is 29.8 Å². The van der Waals surface area contributed by atoms with Gasteiger partial charge in [0.25, 0.3) is 0 Å². The summed E-state index contributed by atoms with van der Waals surface area (Å²) in [5.74, 6) is 0.904. The molecule has 5 nitrogen and oxygen atoms in total. The molecule has 7 heteroatoms. The van der Waals surface area contributed by atoms with Gasteiger partial charge in [-0.05, 0) is 63.5 Å². The third-order valence-corrected chi connectivity index (χ3v) is 7.30. The van der Waals surface area contributed by atoms with Crippen molar-refractivity contribution in [3.8, 4) is 0 Å². The van der Waals surface area contributed by atoms with Crippen LogP contribution in [0.2, 0.25) is 0 Å². The number of ether oxygens (including phenoxy) is 1. The molecule has 29 heavy (non-hydrogen) atoms. The average Bonchev–Trinajstić information content (AvgIpc) is 3.28. The quantitative estimate of drug-likeness (QED) is 0.309. The first-order chi connectivity index (χ1) is 13.7. The molecule has 0 saturated carbocycles. The second kappa shape index (κ2) is 12.2. The van der Waals surface area contributed by atoms with E-state index in [4.69, 9.17) is 9.73 Å². The number of guanidine groups is 1. The highest BCUT2D eigenvalue weighted by molar-refractivity contribution is 14.0. The Labute approximate surface area is 197 Å². The molecule has 1 aromatic carbocycles. The lowest BCUT2D eigenvalue weighted by molar-refractivity contribution is 0.0794. The Morgan fingerprint density at radius 2 is 2.00 bits per heavy atom. The van der Waals surface area contributed by atoms with E-state index in [0.29, 0.717) is 0 Å². The summed E-state index contributed by atoms with van der Waals surface area (Å²) in [4.78, 5) is 7.44. The monoisotopic (exact) mass is 532 g/mol. The third kappa shape index (κ3) is 6.92. The third-order valence-electron chi connectivity index (χ3n) is 5.90. The second-order valence-electron chi connectivity index (χ2n) is 7.85. The van der Waals surface area contributed by atoms with Crippen LogP contribution in [0.1, 0.15) is 51.1 Å². The van der Waals surface area contributed by atoms with Crippen LogP contribution in [0, 0.1) is 0 Å². The fraction of sp³-hybridized carbons (Fsp3) is 0.682. The molecule has 1 atom stereocenters. The van der Waals surface area contributed by atoms with E-state index in [0.717, 1.165) is 45.1 Å². The largest absolute Gasteiger partial charge is 0.381 e. The molecule has 2 saturated heterocycles. The van der Waals surface area contributed by atoms with Crippen molar-refractivity contribution in [1.82, 2.24) is 10.6 Å². The molecule has 0 bridgehead atoms. The summed E-state index contributed by atoms with van der Waals surface area (Å²) in [6.07, 6.45) is 6.96. The molecule has 2 heterocycles. The first kappa shape index (κ1) is 24.6. The zero-order valence-corrected chi connectivity index (χ0v) is 21.2. The number of hydrogen-bond donors (Lipinski definition) is 2. The van der Waals surface area contributed by atoms with Gasteiger partial charge in [-0.15, -0.1) is 24.0 Å². The van der Waals surface area contributed by atoms with Gasteiger partial charge >= 0.3 is 0 Å². The Kier molecular flexibility index (Phi) is 10.4. The first-order valence-electron chi connectivity index (χ1n) is 10.7. The molecule has 3 rings (SSSR count). The first-order valence-corrected chi connectivity index (χ1v) is 11.9. The van der Waals surface area contributed by atoms with Crippen molar-refractivity contribution in [3.63, 3.8) is 0 Å². The minimum Gasteiger partial charge on any atom is -0.381 e. The van der Waals surface area contributed by atoms with Gasteiger partial charge in [0, 0.05) is 43.3 Å². The van der Waals surface area contributed by atoms with E-state index >= 15 is 0 Å². The van der Waals surface area contributed by atoms with Gasteiger partial charge < -0.3 is 20.3 Å². The summed E-state index contributed by atoms with van der Waals surface area (Å²) in [7, 11) is 0. The highest BCUT2D eigenvalue weighted by Gasteiger charge is 2.31. The molecule has 2 fully saturated rings. The molecule has 0 spiro atoms. The molecule has 2 aliphatic heterocycles. The molecule has 1 aromatic rings. The molecule has 0 aliphatic carbocycles. The molecule has 1 unspecified atom stereocenters. The normalized spacial score (nSPS) is 20.1. The van der Waals surface area contributed by atoms with Gasteiger partial charge in [-0.3, -0.25) is 4.99 Å². The number of benzene rings is 1. The zero-order chi connectivity index (χ0) is 19.8. The van der Waals surface area contributed by atoms with Gasteiger partial charge in [0.1, 0.15) is 0 Å². The predicted octanol–water partition coefficient (Wildman–Crippen LogP) is 4.43. The van der Waals surface area contributed by atoms with Crippen LogP contribution in [0.5, 0.6) is 0 Å². The fourth-order valence-electron chi connectivity index (χ4n) is 3.97. The number of nitrogens with zero attached hydrogens (tertiary/aromatic N) is 2. The van der Waals surface area contributed by atoms with Crippen LogP contribution in [-0.4, -0.2) is 56.4 Å². The number of hydrogen-bond acceptors (Lipinski definition) is 4. The summed E-state index contributed by atoms with van der Waals surface area (Å²) >= 11 is 1.94. The SMILES string of the molecule is CCNC(=NCC1(SC)CCOCC1)NC(C)c1cccc(N2CCCC2)c1.I. The number of anilines is 1. The van der Waals surface area contributed by atoms with Gasteiger partial charge in [0.2, 0.25) is 0 Å². The average molecular weight is 533 g/mol. The Morgan fingerprint density at radius 1 is 1.28 bits per heavy atom. The lowest BCUT2D eigenvalue weighted by Gasteiger charge is -2.34. The highest BCUT2D eigenvalue weighted by Crippen LogP contribution is 2.34. The number of thioether (sulfide) groups is 1. The molecular weight excluding hydrogens is 495 g/mol. The van der Waals surface area contributed by atoms with Crippen molar-refractivity contribution < 1.29 is 4.74 Å². The van der Waals surface area contributed by atoms with Gasteiger partial charge in [-0.2, -0.15) is 11.8 Å². The van der Waals surface area contributed by atoms with Crippen molar-refractivity contribution in [2.24, 2.45) is 4.99 Å². The van der Waals surface area contributed by atoms with Gasteiger partial charge in [-0.25, -0.2) is 0 Å². The van der Waals surface area contributed by atoms with E-state index < -0.39 is 0 Å². The van der Waals surface area contributed by atoms with Crippen molar-refractivity contribution in [2.45, 2.75) is 50.3 Å². The maximum atomic E-state index is 5.56.